The molecule has 0 saturated heterocycles. The van der Waals surface area contributed by atoms with E-state index in [1.54, 1.807) is 0 Å². The highest BCUT2D eigenvalue weighted by atomic mass is 35.5. The summed E-state index contributed by atoms with van der Waals surface area (Å²) < 4.78 is 40.4. The van der Waals surface area contributed by atoms with Crippen molar-refractivity contribution < 1.29 is 18.0 Å². The standard InChI is InChI=1S/C13H11Cl2F3N4O2/c1-5-20-22(13(24)21(5)12(17)18)10-3-6(2-8(15)11(19)23)7(14)4-9(10)16/h3-4,8,12H,2H2,1H3,(H2,19,23). The third-order valence-electron chi connectivity index (χ3n) is 3.23. The maximum atomic E-state index is 14.1. The van der Waals surface area contributed by atoms with Crippen LogP contribution >= 0.6 is 23.2 Å². The molecule has 1 heterocycles. The maximum Gasteiger partial charge on any atom is 0.355 e. The van der Waals surface area contributed by atoms with Gasteiger partial charge in [-0.1, -0.05) is 11.6 Å². The van der Waals surface area contributed by atoms with Gasteiger partial charge in [0.05, 0.1) is 0 Å². The molecule has 2 N–H and O–H groups in total. The molecular formula is C13H11Cl2F3N4O2. The van der Waals surface area contributed by atoms with Gasteiger partial charge in [0.2, 0.25) is 5.91 Å². The van der Waals surface area contributed by atoms with Gasteiger partial charge in [-0.3, -0.25) is 4.79 Å². The number of carbonyl (C=O) groups is 1. The Bertz CT molecular complexity index is 850. The van der Waals surface area contributed by atoms with Crippen LogP contribution in [-0.2, 0) is 11.2 Å². The highest BCUT2D eigenvalue weighted by molar-refractivity contribution is 6.32. The van der Waals surface area contributed by atoms with E-state index < -0.39 is 35.0 Å². The lowest BCUT2D eigenvalue weighted by Crippen LogP contribution is -2.27. The van der Waals surface area contributed by atoms with Gasteiger partial charge in [0.15, 0.2) is 5.82 Å². The summed E-state index contributed by atoms with van der Waals surface area (Å²) in [5.41, 5.74) is 3.65. The molecule has 1 unspecified atom stereocenters. The molecule has 0 saturated carbocycles. The molecule has 0 aliphatic heterocycles. The van der Waals surface area contributed by atoms with Crippen molar-refractivity contribution in [3.05, 3.63) is 44.8 Å². The number of benzene rings is 1. The molecule has 0 bridgehead atoms. The van der Waals surface area contributed by atoms with Gasteiger partial charge in [-0.25, -0.2) is 13.8 Å². The van der Waals surface area contributed by atoms with Crippen molar-refractivity contribution in [3.8, 4) is 5.69 Å². The Morgan fingerprint density at radius 2 is 2.04 bits per heavy atom. The van der Waals surface area contributed by atoms with E-state index in [-0.39, 0.29) is 27.4 Å². The number of aromatic nitrogens is 3. The van der Waals surface area contributed by atoms with Gasteiger partial charge in [-0.2, -0.15) is 13.5 Å². The molecule has 0 fully saturated rings. The van der Waals surface area contributed by atoms with Crippen LogP contribution in [0.1, 0.15) is 17.9 Å². The number of hydrogen-bond acceptors (Lipinski definition) is 3. The molecular weight excluding hydrogens is 372 g/mol. The molecule has 0 aliphatic rings. The van der Waals surface area contributed by atoms with Gasteiger partial charge >= 0.3 is 12.2 Å². The van der Waals surface area contributed by atoms with E-state index in [0.29, 0.717) is 4.68 Å². The van der Waals surface area contributed by atoms with Gasteiger partial charge in [0.25, 0.3) is 0 Å². The Kier molecular flexibility index (Phi) is 5.24. The Balaban J connectivity index is 2.58. The zero-order valence-electron chi connectivity index (χ0n) is 12.1. The number of aryl methyl sites for hydroxylation is 1. The van der Waals surface area contributed by atoms with Crippen LogP contribution in [0.3, 0.4) is 0 Å². The summed E-state index contributed by atoms with van der Waals surface area (Å²) in [4.78, 5) is 23.0. The fraction of sp³-hybridized carbons (Fsp3) is 0.308. The number of rotatable bonds is 5. The summed E-state index contributed by atoms with van der Waals surface area (Å²) in [6.07, 6.45) is -0.133. The minimum atomic E-state index is -3.12. The van der Waals surface area contributed by atoms with Crippen LogP contribution in [-0.4, -0.2) is 25.6 Å². The van der Waals surface area contributed by atoms with Crippen molar-refractivity contribution in [1.82, 2.24) is 14.3 Å². The lowest BCUT2D eigenvalue weighted by molar-refractivity contribution is -0.117. The topological polar surface area (TPSA) is 82.9 Å². The van der Waals surface area contributed by atoms with Crippen LogP contribution in [0.25, 0.3) is 5.69 Å². The highest BCUT2D eigenvalue weighted by Crippen LogP contribution is 2.25. The third kappa shape index (κ3) is 3.41. The second kappa shape index (κ2) is 6.86. The molecule has 2 aromatic rings. The minimum absolute atomic E-state index is 0.0544. The smallest absolute Gasteiger partial charge is 0.355 e. The van der Waals surface area contributed by atoms with Crippen LogP contribution < -0.4 is 11.4 Å². The molecule has 2 rings (SSSR count). The van der Waals surface area contributed by atoms with Crippen molar-refractivity contribution in [3.63, 3.8) is 0 Å². The Labute approximate surface area is 143 Å². The number of nitrogens with two attached hydrogens (primary N) is 1. The first-order chi connectivity index (χ1) is 11.1. The minimum Gasteiger partial charge on any atom is -0.368 e. The summed E-state index contributed by atoms with van der Waals surface area (Å²) in [5.74, 6) is -2.05. The highest BCUT2D eigenvalue weighted by Gasteiger charge is 2.22. The van der Waals surface area contributed by atoms with Gasteiger partial charge in [0, 0.05) is 5.02 Å². The predicted octanol–water partition coefficient (Wildman–Crippen LogP) is 2.17. The van der Waals surface area contributed by atoms with Crippen LogP contribution in [0.4, 0.5) is 13.2 Å². The SMILES string of the molecule is Cc1nn(-c2cc(CC(Cl)C(N)=O)c(Cl)cc2F)c(=O)n1C(F)F. The van der Waals surface area contributed by atoms with Crippen molar-refractivity contribution >= 4 is 29.1 Å². The van der Waals surface area contributed by atoms with Gasteiger partial charge in [0.1, 0.15) is 16.9 Å². The van der Waals surface area contributed by atoms with Gasteiger partial charge < -0.3 is 5.73 Å². The maximum absolute atomic E-state index is 14.1. The first-order valence-electron chi connectivity index (χ1n) is 6.51. The predicted molar refractivity (Wildman–Crippen MR) is 81.3 cm³/mol. The molecule has 24 heavy (non-hydrogen) atoms. The largest absolute Gasteiger partial charge is 0.368 e. The fourth-order valence-electron chi connectivity index (χ4n) is 2.05. The second-order valence-electron chi connectivity index (χ2n) is 4.86. The first kappa shape index (κ1) is 18.3. The summed E-state index contributed by atoms with van der Waals surface area (Å²) in [6.45, 7) is -1.94. The van der Waals surface area contributed by atoms with E-state index in [4.69, 9.17) is 28.9 Å². The van der Waals surface area contributed by atoms with E-state index in [2.05, 4.69) is 5.10 Å². The molecule has 6 nitrogen and oxygen atoms in total. The number of alkyl halides is 3. The normalized spacial score (nSPS) is 12.6. The average molecular weight is 383 g/mol. The summed E-state index contributed by atoms with van der Waals surface area (Å²) in [7, 11) is 0. The third-order valence-corrected chi connectivity index (χ3v) is 3.95. The monoisotopic (exact) mass is 382 g/mol. The summed E-state index contributed by atoms with van der Waals surface area (Å²) in [5, 5.41) is 2.46. The molecule has 1 atom stereocenters. The van der Waals surface area contributed by atoms with Crippen molar-refractivity contribution in [2.75, 3.05) is 0 Å². The van der Waals surface area contributed by atoms with E-state index in [0.717, 1.165) is 12.1 Å². The number of nitrogens with zero attached hydrogens (tertiary/aromatic N) is 3. The molecule has 1 amide bonds. The molecule has 0 spiro atoms. The quantitative estimate of drug-likeness (QED) is 0.804. The fourth-order valence-corrected chi connectivity index (χ4v) is 2.44. The zero-order chi connectivity index (χ0) is 18.2. The van der Waals surface area contributed by atoms with Crippen LogP contribution in [0.15, 0.2) is 16.9 Å². The molecule has 130 valence electrons. The van der Waals surface area contributed by atoms with Crippen LogP contribution in [0, 0.1) is 12.7 Å². The van der Waals surface area contributed by atoms with E-state index in [1.165, 1.54) is 6.92 Å². The van der Waals surface area contributed by atoms with Crippen LogP contribution in [0.2, 0.25) is 5.02 Å². The van der Waals surface area contributed by atoms with E-state index in [1.807, 2.05) is 0 Å². The van der Waals surface area contributed by atoms with Crippen molar-refractivity contribution in [1.29, 1.82) is 0 Å². The molecule has 1 aromatic carbocycles. The van der Waals surface area contributed by atoms with Gasteiger partial charge in [-0.05, 0) is 31.0 Å². The number of amides is 1. The average Bonchev–Trinajstić information content (AvgIpc) is 2.76. The number of halogens is 5. The number of carbonyl (C=O) groups excluding carboxylic acids is 1. The Morgan fingerprint density at radius 1 is 1.42 bits per heavy atom. The lowest BCUT2D eigenvalue weighted by Gasteiger charge is -2.10. The second-order valence-corrected chi connectivity index (χ2v) is 5.79. The number of hydrogen-bond donors (Lipinski definition) is 1. The Morgan fingerprint density at radius 3 is 2.54 bits per heavy atom. The van der Waals surface area contributed by atoms with E-state index in [9.17, 15) is 22.8 Å². The molecule has 0 aliphatic carbocycles. The Hall–Kier alpha value is -2.00. The molecule has 1 aromatic heterocycles. The van der Waals surface area contributed by atoms with Crippen molar-refractivity contribution in [2.45, 2.75) is 25.3 Å². The van der Waals surface area contributed by atoms with Crippen LogP contribution in [0.5, 0.6) is 0 Å². The summed E-state index contributed by atoms with van der Waals surface area (Å²) >= 11 is 11.6. The number of primary amides is 1. The first-order valence-corrected chi connectivity index (χ1v) is 7.33. The summed E-state index contributed by atoms with van der Waals surface area (Å²) in [6, 6.07) is 1.99. The molecule has 11 heteroatoms. The lowest BCUT2D eigenvalue weighted by atomic mass is 10.1. The van der Waals surface area contributed by atoms with Gasteiger partial charge in [-0.15, -0.1) is 16.7 Å². The molecule has 0 radical (unpaired) electrons. The van der Waals surface area contributed by atoms with Crippen molar-refractivity contribution in [2.24, 2.45) is 5.73 Å². The van der Waals surface area contributed by atoms with E-state index >= 15 is 0 Å². The zero-order valence-corrected chi connectivity index (χ0v) is 13.7.